The molecule has 0 spiro atoms. The zero-order valence-corrected chi connectivity index (χ0v) is 11.6. The maximum Gasteiger partial charge on any atom is 0.320 e. The van der Waals surface area contributed by atoms with Crippen LogP contribution in [-0.4, -0.2) is 16.7 Å². The summed E-state index contributed by atoms with van der Waals surface area (Å²) < 4.78 is 6.58. The van der Waals surface area contributed by atoms with E-state index in [0.29, 0.717) is 18.5 Å². The van der Waals surface area contributed by atoms with Crippen LogP contribution in [0, 0.1) is 3.57 Å². The third-order valence-corrected chi connectivity index (χ3v) is 2.74. The van der Waals surface area contributed by atoms with Gasteiger partial charge in [-0.2, -0.15) is 0 Å². The molecule has 6 heteroatoms. The summed E-state index contributed by atoms with van der Waals surface area (Å²) in [5.41, 5.74) is 0.940. The largest absolute Gasteiger partial charge is 0.406 e. The quantitative estimate of drug-likeness (QED) is 0.817. The van der Waals surface area contributed by atoms with Crippen LogP contribution in [0.3, 0.4) is 0 Å². The lowest BCUT2D eigenvalue weighted by molar-refractivity contribution is 0.484. The van der Waals surface area contributed by atoms with Crippen molar-refractivity contribution in [3.63, 3.8) is 0 Å². The van der Waals surface area contributed by atoms with Crippen molar-refractivity contribution < 1.29 is 4.42 Å². The SMILES string of the molecule is CCNCc1nnc(Nc2cccc(I)c2)o1. The standard InChI is InChI=1S/C11H13IN4O/c1-2-13-7-10-15-16-11(17-10)14-9-5-3-4-8(12)6-9/h3-6,13H,2,7H2,1H3,(H,14,16). The number of nitrogens with zero attached hydrogens (tertiary/aromatic N) is 2. The Hall–Kier alpha value is -1.15. The summed E-state index contributed by atoms with van der Waals surface area (Å²) in [4.78, 5) is 0. The highest BCUT2D eigenvalue weighted by Gasteiger charge is 2.05. The van der Waals surface area contributed by atoms with Crippen LogP contribution in [0.15, 0.2) is 28.7 Å². The van der Waals surface area contributed by atoms with E-state index in [1.54, 1.807) is 0 Å². The van der Waals surface area contributed by atoms with Crippen LogP contribution in [0.2, 0.25) is 0 Å². The Kier molecular flexibility index (Phi) is 4.32. The zero-order valence-electron chi connectivity index (χ0n) is 9.40. The lowest BCUT2D eigenvalue weighted by Crippen LogP contribution is -2.11. The zero-order chi connectivity index (χ0) is 12.1. The molecule has 0 atom stereocenters. The molecule has 17 heavy (non-hydrogen) atoms. The Morgan fingerprint density at radius 1 is 1.35 bits per heavy atom. The molecule has 0 saturated carbocycles. The molecule has 0 aliphatic heterocycles. The molecule has 0 saturated heterocycles. The van der Waals surface area contributed by atoms with Gasteiger partial charge in [0, 0.05) is 9.26 Å². The van der Waals surface area contributed by atoms with Crippen molar-refractivity contribution in [2.75, 3.05) is 11.9 Å². The van der Waals surface area contributed by atoms with Crippen LogP contribution in [0.4, 0.5) is 11.7 Å². The average molecular weight is 344 g/mol. The summed E-state index contributed by atoms with van der Waals surface area (Å²) >= 11 is 2.26. The van der Waals surface area contributed by atoms with E-state index in [2.05, 4.69) is 43.4 Å². The second-order valence-electron chi connectivity index (χ2n) is 3.42. The molecule has 1 aromatic carbocycles. The number of hydrogen-bond donors (Lipinski definition) is 2. The molecule has 5 nitrogen and oxygen atoms in total. The Balaban J connectivity index is 2.01. The van der Waals surface area contributed by atoms with Crippen LogP contribution < -0.4 is 10.6 Å². The van der Waals surface area contributed by atoms with Gasteiger partial charge in [-0.25, -0.2) is 0 Å². The van der Waals surface area contributed by atoms with E-state index >= 15 is 0 Å². The minimum absolute atomic E-state index is 0.417. The maximum atomic E-state index is 5.43. The fraction of sp³-hybridized carbons (Fsp3) is 0.273. The van der Waals surface area contributed by atoms with Gasteiger partial charge < -0.3 is 15.1 Å². The lowest BCUT2D eigenvalue weighted by Gasteiger charge is -2.00. The molecular formula is C11H13IN4O. The van der Waals surface area contributed by atoms with Gasteiger partial charge in [0.2, 0.25) is 5.89 Å². The van der Waals surface area contributed by atoms with Crippen LogP contribution in [0.5, 0.6) is 0 Å². The summed E-state index contributed by atoms with van der Waals surface area (Å²) in [5.74, 6) is 0.583. The molecule has 1 heterocycles. The van der Waals surface area contributed by atoms with Gasteiger partial charge in [0.1, 0.15) is 0 Å². The first-order chi connectivity index (χ1) is 8.28. The topological polar surface area (TPSA) is 63.0 Å². The Morgan fingerprint density at radius 3 is 3.00 bits per heavy atom. The van der Waals surface area contributed by atoms with Gasteiger partial charge in [0.25, 0.3) is 0 Å². The van der Waals surface area contributed by atoms with E-state index in [4.69, 9.17) is 4.42 Å². The van der Waals surface area contributed by atoms with Crippen molar-refractivity contribution in [1.82, 2.24) is 15.5 Å². The van der Waals surface area contributed by atoms with E-state index in [9.17, 15) is 0 Å². The first-order valence-corrected chi connectivity index (χ1v) is 6.41. The molecule has 2 N–H and O–H groups in total. The van der Waals surface area contributed by atoms with Gasteiger partial charge in [0.05, 0.1) is 6.54 Å². The van der Waals surface area contributed by atoms with Gasteiger partial charge in [-0.3, -0.25) is 0 Å². The number of halogens is 1. The number of hydrogen-bond acceptors (Lipinski definition) is 5. The minimum atomic E-state index is 0.417. The van der Waals surface area contributed by atoms with Gasteiger partial charge >= 0.3 is 6.01 Å². The summed E-state index contributed by atoms with van der Waals surface area (Å²) in [6, 6.07) is 8.38. The molecule has 0 radical (unpaired) electrons. The highest BCUT2D eigenvalue weighted by atomic mass is 127. The highest BCUT2D eigenvalue weighted by Crippen LogP contribution is 2.17. The molecular weight excluding hydrogens is 331 g/mol. The minimum Gasteiger partial charge on any atom is -0.406 e. The van der Waals surface area contributed by atoms with Crippen LogP contribution in [0.1, 0.15) is 12.8 Å². The first kappa shape index (κ1) is 12.3. The van der Waals surface area contributed by atoms with E-state index in [1.165, 1.54) is 0 Å². The van der Waals surface area contributed by atoms with Crippen molar-refractivity contribution in [3.8, 4) is 0 Å². The van der Waals surface area contributed by atoms with Crippen LogP contribution >= 0.6 is 22.6 Å². The lowest BCUT2D eigenvalue weighted by atomic mass is 10.3. The fourth-order valence-corrected chi connectivity index (χ4v) is 1.84. The van der Waals surface area contributed by atoms with Crippen molar-refractivity contribution in [3.05, 3.63) is 33.7 Å². The van der Waals surface area contributed by atoms with Gasteiger partial charge in [-0.05, 0) is 47.3 Å². The van der Waals surface area contributed by atoms with Crippen molar-refractivity contribution in [2.24, 2.45) is 0 Å². The molecule has 0 aliphatic rings. The second-order valence-corrected chi connectivity index (χ2v) is 4.66. The smallest absolute Gasteiger partial charge is 0.320 e. The molecule has 2 aromatic rings. The molecule has 2 rings (SSSR count). The summed E-state index contributed by atoms with van der Waals surface area (Å²) in [6.07, 6.45) is 0. The number of benzene rings is 1. The average Bonchev–Trinajstić information content (AvgIpc) is 2.74. The molecule has 90 valence electrons. The Bertz CT molecular complexity index is 486. The molecule has 0 amide bonds. The van der Waals surface area contributed by atoms with Gasteiger partial charge in [-0.15, -0.1) is 5.10 Å². The highest BCUT2D eigenvalue weighted by molar-refractivity contribution is 14.1. The summed E-state index contributed by atoms with van der Waals surface area (Å²) in [5, 5.41) is 14.0. The maximum absolute atomic E-state index is 5.43. The van der Waals surface area contributed by atoms with Crippen molar-refractivity contribution in [1.29, 1.82) is 0 Å². The van der Waals surface area contributed by atoms with E-state index < -0.39 is 0 Å². The Labute approximate surface area is 113 Å². The van der Waals surface area contributed by atoms with Crippen LogP contribution in [-0.2, 0) is 6.54 Å². The first-order valence-electron chi connectivity index (χ1n) is 5.33. The van der Waals surface area contributed by atoms with Crippen LogP contribution in [0.25, 0.3) is 0 Å². The van der Waals surface area contributed by atoms with E-state index in [-0.39, 0.29) is 0 Å². The van der Waals surface area contributed by atoms with E-state index in [0.717, 1.165) is 15.8 Å². The number of rotatable bonds is 5. The summed E-state index contributed by atoms with van der Waals surface area (Å²) in [7, 11) is 0. The number of aromatic nitrogens is 2. The molecule has 1 aromatic heterocycles. The molecule has 0 unspecified atom stereocenters. The Morgan fingerprint density at radius 2 is 2.24 bits per heavy atom. The molecule has 0 bridgehead atoms. The molecule has 0 fully saturated rings. The van der Waals surface area contributed by atoms with Gasteiger partial charge in [-0.1, -0.05) is 18.1 Å². The van der Waals surface area contributed by atoms with E-state index in [1.807, 2.05) is 31.2 Å². The third kappa shape index (κ3) is 3.67. The predicted octanol–water partition coefficient (Wildman–Crippen LogP) is 2.53. The predicted molar refractivity (Wildman–Crippen MR) is 74.1 cm³/mol. The number of nitrogens with one attached hydrogen (secondary N) is 2. The van der Waals surface area contributed by atoms with Gasteiger partial charge in [0.15, 0.2) is 0 Å². The number of anilines is 2. The monoisotopic (exact) mass is 344 g/mol. The van der Waals surface area contributed by atoms with Crippen molar-refractivity contribution >= 4 is 34.3 Å². The third-order valence-electron chi connectivity index (χ3n) is 2.07. The van der Waals surface area contributed by atoms with Crippen molar-refractivity contribution in [2.45, 2.75) is 13.5 Å². The summed E-state index contributed by atoms with van der Waals surface area (Å²) in [6.45, 7) is 3.50. The normalized spacial score (nSPS) is 10.5. The molecule has 0 aliphatic carbocycles. The second kappa shape index (κ2) is 5.97. The fourth-order valence-electron chi connectivity index (χ4n) is 1.30.